The average molecular weight is 479 g/mol. The summed E-state index contributed by atoms with van der Waals surface area (Å²) in [7, 11) is 0. The predicted molar refractivity (Wildman–Crippen MR) is 130 cm³/mol. The molecule has 2 atom stereocenters. The molecule has 2 unspecified atom stereocenters. The lowest BCUT2D eigenvalue weighted by molar-refractivity contribution is 0.00210. The third-order valence-electron chi connectivity index (χ3n) is 6.62. The number of para-hydroxylation sites is 1. The van der Waals surface area contributed by atoms with E-state index in [1.54, 1.807) is 21.9 Å². The molecule has 5 heterocycles. The van der Waals surface area contributed by atoms with Crippen molar-refractivity contribution in [2.75, 3.05) is 6.61 Å². The molecular formula is C25H26N4O4S. The molecule has 0 bridgehead atoms. The summed E-state index contributed by atoms with van der Waals surface area (Å²) in [5, 5.41) is 12.9. The Morgan fingerprint density at radius 1 is 1.21 bits per heavy atom. The smallest absolute Gasteiger partial charge is 0.283 e. The Bertz CT molecular complexity index is 1480. The van der Waals surface area contributed by atoms with Crippen LogP contribution in [-0.2, 0) is 17.8 Å². The molecule has 176 valence electrons. The van der Waals surface area contributed by atoms with Crippen LogP contribution in [0.25, 0.3) is 27.1 Å². The van der Waals surface area contributed by atoms with Gasteiger partial charge in [-0.15, -0.1) is 0 Å². The lowest BCUT2D eigenvalue weighted by atomic mass is 10.1. The molecular weight excluding hydrogens is 452 g/mol. The molecule has 0 amide bonds. The summed E-state index contributed by atoms with van der Waals surface area (Å²) in [6.07, 6.45) is 5.59. The molecule has 34 heavy (non-hydrogen) atoms. The quantitative estimate of drug-likeness (QED) is 0.473. The summed E-state index contributed by atoms with van der Waals surface area (Å²) < 4.78 is 16.1. The van der Waals surface area contributed by atoms with Gasteiger partial charge in [0, 0.05) is 12.3 Å². The third-order valence-corrected chi connectivity index (χ3v) is 7.63. The van der Waals surface area contributed by atoms with Crippen molar-refractivity contribution in [1.82, 2.24) is 19.2 Å². The molecule has 1 aromatic carbocycles. The molecule has 9 heteroatoms. The van der Waals surface area contributed by atoms with Crippen LogP contribution in [0.3, 0.4) is 0 Å². The number of ether oxygens (including phenoxy) is 1. The maximum absolute atomic E-state index is 13.9. The number of fused-ring (bicyclic) bond motifs is 2. The molecule has 1 saturated heterocycles. The van der Waals surface area contributed by atoms with E-state index in [4.69, 9.17) is 14.1 Å². The second-order valence-corrected chi connectivity index (χ2v) is 9.79. The molecule has 0 saturated carbocycles. The normalized spacial score (nSPS) is 20.5. The van der Waals surface area contributed by atoms with Gasteiger partial charge in [0.2, 0.25) is 5.13 Å². The Kier molecular flexibility index (Phi) is 5.40. The number of nitrogens with zero attached hydrogens (tertiary/aromatic N) is 4. The molecule has 6 rings (SSSR count). The van der Waals surface area contributed by atoms with Crippen molar-refractivity contribution in [3.05, 3.63) is 69.3 Å². The number of aliphatic hydroxyl groups is 1. The molecule has 2 aliphatic heterocycles. The van der Waals surface area contributed by atoms with Crippen LogP contribution >= 0.6 is 11.3 Å². The molecule has 0 radical (unpaired) electrons. The van der Waals surface area contributed by atoms with E-state index in [-0.39, 0.29) is 11.7 Å². The average Bonchev–Trinajstić information content (AvgIpc) is 3.56. The summed E-state index contributed by atoms with van der Waals surface area (Å²) in [5.41, 5.74) is 1.43. The van der Waals surface area contributed by atoms with Crippen molar-refractivity contribution in [2.45, 2.75) is 51.6 Å². The van der Waals surface area contributed by atoms with E-state index < -0.39 is 6.23 Å². The van der Waals surface area contributed by atoms with Gasteiger partial charge in [-0.2, -0.15) is 4.68 Å². The number of hydrogen-bond acceptors (Lipinski definition) is 7. The molecule has 8 nitrogen and oxygen atoms in total. The fourth-order valence-corrected chi connectivity index (χ4v) is 5.87. The number of thiazole rings is 1. The monoisotopic (exact) mass is 478 g/mol. The number of furan rings is 1. The topological polar surface area (TPSA) is 85.7 Å². The first-order chi connectivity index (χ1) is 16.6. The van der Waals surface area contributed by atoms with Gasteiger partial charge in [0.25, 0.3) is 5.56 Å². The van der Waals surface area contributed by atoms with Gasteiger partial charge in [0.05, 0.1) is 46.2 Å². The largest absolute Gasteiger partial charge is 0.467 e. The van der Waals surface area contributed by atoms with Gasteiger partial charge in [-0.25, -0.2) is 4.98 Å². The van der Waals surface area contributed by atoms with Crippen LogP contribution in [0, 0.1) is 0 Å². The summed E-state index contributed by atoms with van der Waals surface area (Å²) in [5.74, 6) is 0.719. The highest BCUT2D eigenvalue weighted by molar-refractivity contribution is 7.20. The van der Waals surface area contributed by atoms with E-state index in [1.165, 1.54) is 11.3 Å². The SMILES string of the molecule is CC1=c2c(n(CC3CCCCO3)n(-c3nc4ccccc4s3)c2=O)=CC(O)N1Cc1ccco1. The molecule has 1 N–H and O–H groups in total. The highest BCUT2D eigenvalue weighted by Gasteiger charge is 2.27. The Balaban J connectivity index is 1.55. The summed E-state index contributed by atoms with van der Waals surface area (Å²) in [4.78, 5) is 20.5. The lowest BCUT2D eigenvalue weighted by Gasteiger charge is -2.30. The maximum atomic E-state index is 13.9. The first kappa shape index (κ1) is 21.4. The molecule has 2 aliphatic rings. The number of aliphatic hydroxyl groups excluding tert-OH is 1. The third kappa shape index (κ3) is 3.60. The van der Waals surface area contributed by atoms with E-state index in [0.717, 1.165) is 41.8 Å². The summed E-state index contributed by atoms with van der Waals surface area (Å²) in [6, 6.07) is 11.6. The van der Waals surface area contributed by atoms with E-state index in [0.29, 0.717) is 34.5 Å². The fraction of sp³-hybridized carbons (Fsp3) is 0.360. The Labute approximate surface area is 199 Å². The van der Waals surface area contributed by atoms with Crippen LogP contribution in [0.1, 0.15) is 31.9 Å². The van der Waals surface area contributed by atoms with Crippen molar-refractivity contribution in [3.63, 3.8) is 0 Å². The molecule has 1 fully saturated rings. The second-order valence-electron chi connectivity index (χ2n) is 8.79. The lowest BCUT2D eigenvalue weighted by Crippen LogP contribution is -2.49. The number of hydrogen-bond donors (Lipinski definition) is 1. The van der Waals surface area contributed by atoms with Crippen LogP contribution in [0.15, 0.2) is 51.9 Å². The Morgan fingerprint density at radius 3 is 2.85 bits per heavy atom. The van der Waals surface area contributed by atoms with Crippen molar-refractivity contribution < 1.29 is 14.3 Å². The van der Waals surface area contributed by atoms with Gasteiger partial charge in [0.1, 0.15) is 12.0 Å². The van der Waals surface area contributed by atoms with Crippen molar-refractivity contribution in [2.24, 2.45) is 0 Å². The standard InChI is InChI=1S/C25H26N4O4S/c1-16-23-20(13-22(30)27(16)14-17-8-6-12-33-17)28(15-18-7-4-5-11-32-18)29(24(23)31)25-26-19-9-2-3-10-21(19)34-25/h2-3,6,8-10,12-13,18,22,30H,4-5,7,11,14-15H2,1H3. The predicted octanol–water partition coefficient (Wildman–Crippen LogP) is 2.15. The van der Waals surface area contributed by atoms with Crippen LogP contribution < -0.4 is 16.1 Å². The second kappa shape index (κ2) is 8.57. The molecule has 4 aromatic rings. The highest BCUT2D eigenvalue weighted by atomic mass is 32.1. The van der Waals surface area contributed by atoms with Gasteiger partial charge in [-0.1, -0.05) is 23.5 Å². The van der Waals surface area contributed by atoms with Gasteiger partial charge < -0.3 is 19.2 Å². The van der Waals surface area contributed by atoms with Gasteiger partial charge >= 0.3 is 0 Å². The maximum Gasteiger partial charge on any atom is 0.283 e. The Morgan fingerprint density at radius 2 is 2.09 bits per heavy atom. The van der Waals surface area contributed by atoms with Crippen LogP contribution in [0.5, 0.6) is 0 Å². The van der Waals surface area contributed by atoms with Crippen LogP contribution in [-0.4, -0.2) is 43.3 Å². The summed E-state index contributed by atoms with van der Waals surface area (Å²) in [6.45, 7) is 3.50. The first-order valence-electron chi connectivity index (χ1n) is 11.6. The number of aromatic nitrogens is 3. The minimum Gasteiger partial charge on any atom is -0.467 e. The minimum atomic E-state index is -0.887. The van der Waals surface area contributed by atoms with Gasteiger partial charge in [0.15, 0.2) is 0 Å². The zero-order chi connectivity index (χ0) is 23.2. The molecule has 0 aliphatic carbocycles. The van der Waals surface area contributed by atoms with E-state index in [2.05, 4.69) is 0 Å². The van der Waals surface area contributed by atoms with Gasteiger partial charge in [-0.3, -0.25) is 9.48 Å². The van der Waals surface area contributed by atoms with Gasteiger partial charge in [-0.05, 0) is 56.5 Å². The van der Waals surface area contributed by atoms with E-state index in [9.17, 15) is 9.90 Å². The van der Waals surface area contributed by atoms with Crippen LogP contribution in [0.2, 0.25) is 0 Å². The number of rotatable bonds is 5. The van der Waals surface area contributed by atoms with Crippen LogP contribution in [0.4, 0.5) is 0 Å². The van der Waals surface area contributed by atoms with Crippen molar-refractivity contribution in [3.8, 4) is 5.13 Å². The van der Waals surface area contributed by atoms with E-state index in [1.807, 2.05) is 48.0 Å². The minimum absolute atomic E-state index is 0.0114. The fourth-order valence-electron chi connectivity index (χ4n) is 4.89. The zero-order valence-electron chi connectivity index (χ0n) is 18.9. The summed E-state index contributed by atoms with van der Waals surface area (Å²) >= 11 is 1.49. The van der Waals surface area contributed by atoms with Crippen molar-refractivity contribution in [1.29, 1.82) is 0 Å². The van der Waals surface area contributed by atoms with Crippen molar-refractivity contribution >= 4 is 33.3 Å². The zero-order valence-corrected chi connectivity index (χ0v) is 19.7. The Hall–Kier alpha value is -3.14. The first-order valence-corrected chi connectivity index (χ1v) is 12.4. The molecule has 3 aromatic heterocycles. The highest BCUT2D eigenvalue weighted by Crippen LogP contribution is 2.24. The van der Waals surface area contributed by atoms with E-state index >= 15 is 0 Å². The molecule has 0 spiro atoms. The number of benzene rings is 1.